The van der Waals surface area contributed by atoms with Gasteiger partial charge in [-0.15, -0.1) is 0 Å². The molecule has 17 heavy (non-hydrogen) atoms. The van der Waals surface area contributed by atoms with Gasteiger partial charge in [-0.25, -0.2) is 4.79 Å². The number of nitrogen functional groups attached to an aromatic ring is 1. The van der Waals surface area contributed by atoms with E-state index < -0.39 is 5.69 Å². The number of nitrogens with two attached hydrogens (primary N) is 1. The topological polar surface area (TPSA) is 90.4 Å². The van der Waals surface area contributed by atoms with Crippen LogP contribution in [0.15, 0.2) is 17.1 Å². The van der Waals surface area contributed by atoms with Crippen molar-refractivity contribution in [2.24, 2.45) is 5.92 Å². The first-order valence-corrected chi connectivity index (χ1v) is 5.76. The maximum absolute atomic E-state index is 11.6. The van der Waals surface area contributed by atoms with E-state index in [-0.39, 0.29) is 30.7 Å². The summed E-state index contributed by atoms with van der Waals surface area (Å²) in [5.41, 5.74) is 5.01. The van der Waals surface area contributed by atoms with Crippen molar-refractivity contribution in [2.45, 2.75) is 32.1 Å². The fraction of sp³-hybridized carbons (Fsp3) is 0.636. The van der Waals surface area contributed by atoms with Crippen molar-refractivity contribution in [3.8, 4) is 0 Å². The molecule has 3 N–H and O–H groups in total. The van der Waals surface area contributed by atoms with Gasteiger partial charge in [0.2, 0.25) is 0 Å². The standard InChI is InChI=1S/C11H17N3O3/c1-2-7-5-10(17-8(7)6-15)14-4-3-9(12)13-11(14)16/h3-4,7-8,10,15H,2,5-6H2,1H3,(H2,12,13,16)/t7?,8-,10-/m1/s1. The van der Waals surface area contributed by atoms with Crippen LogP contribution in [0.2, 0.25) is 0 Å². The van der Waals surface area contributed by atoms with Gasteiger partial charge in [-0.3, -0.25) is 4.57 Å². The molecule has 1 aromatic heterocycles. The molecule has 1 aromatic rings. The maximum Gasteiger partial charge on any atom is 0.351 e. The van der Waals surface area contributed by atoms with Crippen molar-refractivity contribution in [1.29, 1.82) is 0 Å². The Hall–Kier alpha value is -1.40. The van der Waals surface area contributed by atoms with Gasteiger partial charge in [0.15, 0.2) is 0 Å². The van der Waals surface area contributed by atoms with E-state index in [0.717, 1.165) is 6.42 Å². The minimum atomic E-state index is -0.413. The number of ether oxygens (including phenoxy) is 1. The van der Waals surface area contributed by atoms with Crippen molar-refractivity contribution in [3.05, 3.63) is 22.7 Å². The van der Waals surface area contributed by atoms with Crippen LogP contribution >= 0.6 is 0 Å². The quantitative estimate of drug-likeness (QED) is 0.782. The molecule has 0 saturated carbocycles. The Morgan fingerprint density at radius 1 is 1.71 bits per heavy atom. The minimum absolute atomic E-state index is 0.0217. The van der Waals surface area contributed by atoms with Gasteiger partial charge in [-0.05, 0) is 18.4 Å². The molecule has 1 unspecified atom stereocenters. The number of nitrogens with zero attached hydrogens (tertiary/aromatic N) is 2. The number of aliphatic hydroxyl groups is 1. The molecule has 1 aliphatic rings. The summed E-state index contributed by atoms with van der Waals surface area (Å²) < 4.78 is 7.08. The third-order valence-corrected chi connectivity index (χ3v) is 3.23. The van der Waals surface area contributed by atoms with Crippen LogP contribution in [0.5, 0.6) is 0 Å². The van der Waals surface area contributed by atoms with E-state index in [0.29, 0.717) is 6.42 Å². The molecule has 1 aliphatic heterocycles. The molecule has 2 rings (SSSR count). The van der Waals surface area contributed by atoms with Gasteiger partial charge < -0.3 is 15.6 Å². The van der Waals surface area contributed by atoms with E-state index in [4.69, 9.17) is 10.5 Å². The van der Waals surface area contributed by atoms with Gasteiger partial charge in [0.05, 0.1) is 12.7 Å². The van der Waals surface area contributed by atoms with E-state index in [1.165, 1.54) is 4.57 Å². The van der Waals surface area contributed by atoms with Crippen LogP contribution in [0.4, 0.5) is 5.82 Å². The lowest BCUT2D eigenvalue weighted by atomic mass is 9.98. The fourth-order valence-corrected chi connectivity index (χ4v) is 2.23. The van der Waals surface area contributed by atoms with Gasteiger partial charge in [-0.2, -0.15) is 4.98 Å². The maximum atomic E-state index is 11.6. The van der Waals surface area contributed by atoms with Gasteiger partial charge >= 0.3 is 5.69 Å². The first kappa shape index (κ1) is 12.1. The molecule has 6 heteroatoms. The lowest BCUT2D eigenvalue weighted by Crippen LogP contribution is -2.27. The zero-order valence-electron chi connectivity index (χ0n) is 9.74. The van der Waals surface area contributed by atoms with Crippen LogP contribution in [-0.2, 0) is 4.74 Å². The molecule has 6 nitrogen and oxygen atoms in total. The van der Waals surface area contributed by atoms with Crippen molar-refractivity contribution < 1.29 is 9.84 Å². The number of anilines is 1. The Balaban J connectivity index is 2.22. The van der Waals surface area contributed by atoms with Crippen molar-refractivity contribution in [3.63, 3.8) is 0 Å². The first-order valence-electron chi connectivity index (χ1n) is 5.76. The molecule has 0 amide bonds. The smallest absolute Gasteiger partial charge is 0.351 e. The molecule has 0 aliphatic carbocycles. The Morgan fingerprint density at radius 2 is 2.47 bits per heavy atom. The van der Waals surface area contributed by atoms with Gasteiger partial charge in [-0.1, -0.05) is 13.3 Å². The van der Waals surface area contributed by atoms with Gasteiger partial charge in [0, 0.05) is 6.20 Å². The highest BCUT2D eigenvalue weighted by Gasteiger charge is 2.34. The molecule has 3 atom stereocenters. The minimum Gasteiger partial charge on any atom is -0.394 e. The highest BCUT2D eigenvalue weighted by Crippen LogP contribution is 2.34. The molecule has 0 radical (unpaired) electrons. The molecular formula is C11H17N3O3. The van der Waals surface area contributed by atoms with Crippen LogP contribution in [0, 0.1) is 5.92 Å². The highest BCUT2D eigenvalue weighted by atomic mass is 16.5. The molecule has 0 aromatic carbocycles. The molecule has 0 bridgehead atoms. The largest absolute Gasteiger partial charge is 0.394 e. The average molecular weight is 239 g/mol. The van der Waals surface area contributed by atoms with E-state index in [2.05, 4.69) is 4.98 Å². The van der Waals surface area contributed by atoms with Gasteiger partial charge in [0.25, 0.3) is 0 Å². The highest BCUT2D eigenvalue weighted by molar-refractivity contribution is 5.23. The summed E-state index contributed by atoms with van der Waals surface area (Å²) in [4.78, 5) is 15.3. The number of aromatic nitrogens is 2. The zero-order valence-corrected chi connectivity index (χ0v) is 9.74. The van der Waals surface area contributed by atoms with Crippen LogP contribution in [0.25, 0.3) is 0 Å². The second kappa shape index (κ2) is 4.85. The summed E-state index contributed by atoms with van der Waals surface area (Å²) in [6, 6.07) is 1.57. The molecule has 1 saturated heterocycles. The summed E-state index contributed by atoms with van der Waals surface area (Å²) in [5.74, 6) is 0.476. The van der Waals surface area contributed by atoms with Crippen LogP contribution in [0.3, 0.4) is 0 Å². The predicted molar refractivity (Wildman–Crippen MR) is 62.3 cm³/mol. The number of aliphatic hydroxyl groups excluding tert-OH is 1. The second-order valence-corrected chi connectivity index (χ2v) is 4.26. The Morgan fingerprint density at radius 3 is 3.00 bits per heavy atom. The van der Waals surface area contributed by atoms with E-state index >= 15 is 0 Å². The SMILES string of the molecule is CCC1C[C@H](n2ccc(N)nc2=O)O[C@@H]1CO. The Labute approximate surface area is 99.0 Å². The summed E-state index contributed by atoms with van der Waals surface area (Å²) >= 11 is 0. The summed E-state index contributed by atoms with van der Waals surface area (Å²) in [5, 5.41) is 9.20. The summed E-state index contributed by atoms with van der Waals surface area (Å²) in [7, 11) is 0. The average Bonchev–Trinajstić information content (AvgIpc) is 2.72. The second-order valence-electron chi connectivity index (χ2n) is 4.26. The number of hydrogen-bond donors (Lipinski definition) is 2. The molecule has 0 spiro atoms. The van der Waals surface area contributed by atoms with Crippen molar-refractivity contribution >= 4 is 5.82 Å². The lowest BCUT2D eigenvalue weighted by Gasteiger charge is -2.14. The van der Waals surface area contributed by atoms with Crippen molar-refractivity contribution in [1.82, 2.24) is 9.55 Å². The van der Waals surface area contributed by atoms with Crippen LogP contribution in [0.1, 0.15) is 26.0 Å². The van der Waals surface area contributed by atoms with Gasteiger partial charge in [0.1, 0.15) is 12.0 Å². The molecule has 94 valence electrons. The lowest BCUT2D eigenvalue weighted by molar-refractivity contribution is -0.0327. The summed E-state index contributed by atoms with van der Waals surface area (Å²) in [6.07, 6.45) is 2.67. The van der Waals surface area contributed by atoms with Crippen LogP contribution < -0.4 is 11.4 Å². The van der Waals surface area contributed by atoms with Crippen LogP contribution in [-0.4, -0.2) is 27.4 Å². The van der Waals surface area contributed by atoms with E-state index in [1.54, 1.807) is 12.3 Å². The Kier molecular flexibility index (Phi) is 3.44. The van der Waals surface area contributed by atoms with E-state index in [1.807, 2.05) is 6.92 Å². The molecular weight excluding hydrogens is 222 g/mol. The fourth-order valence-electron chi connectivity index (χ4n) is 2.23. The first-order chi connectivity index (χ1) is 8.15. The number of hydrogen-bond acceptors (Lipinski definition) is 5. The zero-order chi connectivity index (χ0) is 12.4. The third kappa shape index (κ3) is 2.32. The number of rotatable bonds is 3. The van der Waals surface area contributed by atoms with E-state index in [9.17, 15) is 9.90 Å². The monoisotopic (exact) mass is 239 g/mol. The van der Waals surface area contributed by atoms with Crippen molar-refractivity contribution in [2.75, 3.05) is 12.3 Å². The summed E-state index contributed by atoms with van der Waals surface area (Å²) in [6.45, 7) is 2.02. The third-order valence-electron chi connectivity index (χ3n) is 3.23. The molecule has 1 fully saturated rings. The Bertz CT molecular complexity index is 434. The molecule has 2 heterocycles. The predicted octanol–water partition coefficient (Wildman–Crippen LogP) is 0.131. The normalized spacial score (nSPS) is 28.5.